The van der Waals surface area contributed by atoms with Crippen molar-refractivity contribution in [1.82, 2.24) is 19.4 Å². The lowest BCUT2D eigenvalue weighted by Crippen LogP contribution is -2.71. The van der Waals surface area contributed by atoms with E-state index >= 15 is 0 Å². The summed E-state index contributed by atoms with van der Waals surface area (Å²) in [6.07, 6.45) is -10.2. The van der Waals surface area contributed by atoms with Gasteiger partial charge in [0.15, 0.2) is 12.6 Å². The van der Waals surface area contributed by atoms with Crippen LogP contribution < -0.4 is 5.32 Å². The summed E-state index contributed by atoms with van der Waals surface area (Å²) in [4.78, 5) is 19.0. The largest absolute Gasteiger partial charge is 0.459 e. The van der Waals surface area contributed by atoms with Gasteiger partial charge in [0.05, 0.1) is 46.9 Å². The molecule has 0 unspecified atom stereocenters. The van der Waals surface area contributed by atoms with Crippen LogP contribution in [0.25, 0.3) is 0 Å². The van der Waals surface area contributed by atoms with E-state index in [1.165, 1.54) is 45.3 Å². The van der Waals surface area contributed by atoms with E-state index < -0.39 is 118 Å². The maximum absolute atomic E-state index is 14.6. The number of halogens is 1. The van der Waals surface area contributed by atoms with Crippen molar-refractivity contribution in [3.8, 4) is 0 Å². The number of cyclic esters (lactones) is 1. The van der Waals surface area contributed by atoms with Crippen LogP contribution in [-0.2, 0) is 43.2 Å². The number of sulfonamides is 1. The third kappa shape index (κ3) is 12.4. The Labute approximate surface area is 409 Å². The van der Waals surface area contributed by atoms with Crippen LogP contribution in [0, 0.1) is 17.8 Å². The number of β-amino-alcohol motifs (C(OH)–C–C–N with tert-alkyl or cyclic N) is 1. The molecule has 392 valence electrons. The van der Waals surface area contributed by atoms with Gasteiger partial charge in [-0.15, -0.1) is 0 Å². The molecule has 0 amide bonds. The van der Waals surface area contributed by atoms with Gasteiger partial charge in [-0.25, -0.2) is 8.42 Å². The molecule has 4 aliphatic rings. The first-order chi connectivity index (χ1) is 31.5. The number of nitrogens with one attached hydrogen (secondary N) is 1. The lowest BCUT2D eigenvalue weighted by molar-refractivity contribution is -0.339. The number of carbonyl (C=O) groups excluding carboxylic acids is 1. The van der Waals surface area contributed by atoms with Crippen LogP contribution in [0.3, 0.4) is 0 Å². The van der Waals surface area contributed by atoms with Crippen molar-refractivity contribution in [3.63, 3.8) is 0 Å². The van der Waals surface area contributed by atoms with Crippen molar-refractivity contribution >= 4 is 27.6 Å². The van der Waals surface area contributed by atoms with Gasteiger partial charge in [-0.05, 0) is 112 Å². The first kappa shape index (κ1) is 57.3. The molecule has 0 spiro atoms. The number of ether oxygens (including phenoxy) is 6. The number of likely N-dealkylation sites (N-methyl/N-ethyl adjacent to an activating group) is 2. The van der Waals surface area contributed by atoms with Crippen LogP contribution in [-0.4, -0.2) is 204 Å². The first-order valence-corrected chi connectivity index (χ1v) is 26.1. The van der Waals surface area contributed by atoms with Gasteiger partial charge < -0.3 is 64.2 Å². The molecule has 0 radical (unpaired) electrons. The molecule has 5 rings (SSSR count). The molecule has 4 saturated heterocycles. The number of benzene rings is 1. The van der Waals surface area contributed by atoms with E-state index in [-0.39, 0.29) is 49.6 Å². The predicted octanol–water partition coefficient (Wildman–Crippen LogP) is 2.59. The fourth-order valence-corrected chi connectivity index (χ4v) is 12.4. The fourth-order valence-electron chi connectivity index (χ4n) is 10.9. The van der Waals surface area contributed by atoms with E-state index in [4.69, 9.17) is 40.0 Å². The predicted molar refractivity (Wildman–Crippen MR) is 255 cm³/mol. The van der Waals surface area contributed by atoms with E-state index in [0.29, 0.717) is 5.02 Å². The van der Waals surface area contributed by atoms with Crippen LogP contribution in [0.2, 0.25) is 5.02 Å². The highest BCUT2D eigenvalue weighted by atomic mass is 35.5. The molecule has 1 aromatic rings. The molecule has 68 heavy (non-hydrogen) atoms. The highest BCUT2D eigenvalue weighted by molar-refractivity contribution is 7.89. The standard InChI is InChI=1S/C48H83ClN4O14S/c1-14-37-47(10,58)41(55)32(6)50-26-28(2)24-45(8,57)42(67-44-39(54)36(23-29(3)63-44)52(12)68(60,61)35-17-15-34(49)16-18-35)30(4)40(31(5)43(56)65-37)66-38-25-46(9,62-13)48(59,33(7)64-38)27-53-21-19-51(11)20-22-53/h15-18,28-33,36-42,44,50,54-55,57-59H,14,19-27H2,1-13H3/t28-,29-,30+,31-,32-,33+,36+,37-,38+,39-,40+,41-,42-,44+,45-,46-,47-,48+/m1/s1. The van der Waals surface area contributed by atoms with Crippen LogP contribution in [0.4, 0.5) is 0 Å². The highest BCUT2D eigenvalue weighted by Crippen LogP contribution is 2.44. The minimum Gasteiger partial charge on any atom is -0.459 e. The summed E-state index contributed by atoms with van der Waals surface area (Å²) in [5.41, 5.74) is -6.33. The molecule has 4 aliphatic heterocycles. The van der Waals surface area contributed by atoms with Crippen LogP contribution in [0.1, 0.15) is 94.9 Å². The molecule has 4 heterocycles. The Hall–Kier alpha value is -1.63. The van der Waals surface area contributed by atoms with Gasteiger partial charge in [-0.1, -0.05) is 32.4 Å². The molecule has 6 N–H and O–H groups in total. The van der Waals surface area contributed by atoms with Crippen molar-refractivity contribution in [2.24, 2.45) is 17.8 Å². The first-order valence-electron chi connectivity index (χ1n) is 24.3. The minimum atomic E-state index is -4.15. The zero-order chi connectivity index (χ0) is 50.9. The zero-order valence-electron chi connectivity index (χ0n) is 42.5. The molecule has 1 aromatic carbocycles. The third-order valence-electron chi connectivity index (χ3n) is 15.5. The third-order valence-corrected chi connectivity index (χ3v) is 17.7. The van der Waals surface area contributed by atoms with Gasteiger partial charge >= 0.3 is 5.97 Å². The monoisotopic (exact) mass is 1010 g/mol. The number of piperazine rings is 1. The summed E-state index contributed by atoms with van der Waals surface area (Å²) in [5, 5.41) is 64.4. The van der Waals surface area contributed by atoms with Crippen molar-refractivity contribution in [2.45, 2.75) is 190 Å². The Morgan fingerprint density at radius 3 is 2.15 bits per heavy atom. The molecule has 0 saturated carbocycles. The van der Waals surface area contributed by atoms with Gasteiger partial charge in [0.2, 0.25) is 10.0 Å². The average molecular weight is 1010 g/mol. The maximum Gasteiger partial charge on any atom is 0.311 e. The number of nitrogens with zero attached hydrogens (tertiary/aromatic N) is 3. The normalized spacial score (nSPS) is 43.7. The molecule has 20 heteroatoms. The Kier molecular flexibility index (Phi) is 19.1. The molecule has 0 aliphatic carbocycles. The number of aliphatic hydroxyl groups excluding tert-OH is 2. The van der Waals surface area contributed by atoms with Crippen LogP contribution >= 0.6 is 11.6 Å². The summed E-state index contributed by atoms with van der Waals surface area (Å²) in [7, 11) is 0.819. The molecule has 4 fully saturated rings. The molecule has 18 nitrogen and oxygen atoms in total. The lowest BCUT2D eigenvalue weighted by Gasteiger charge is -2.55. The minimum absolute atomic E-state index is 0.0229. The van der Waals surface area contributed by atoms with E-state index in [2.05, 4.69) is 22.2 Å². The van der Waals surface area contributed by atoms with Gasteiger partial charge in [0, 0.05) is 70.3 Å². The summed E-state index contributed by atoms with van der Waals surface area (Å²) >= 11 is 6.07. The van der Waals surface area contributed by atoms with E-state index in [9.17, 15) is 38.7 Å². The molecule has 18 atom stereocenters. The molecular formula is C48H83ClN4O14S. The number of aliphatic hydroxyl groups is 5. The summed E-state index contributed by atoms with van der Waals surface area (Å²) < 4.78 is 67.8. The van der Waals surface area contributed by atoms with Crippen molar-refractivity contribution in [1.29, 1.82) is 0 Å². The fraction of sp³-hybridized carbons (Fsp3) is 0.854. The highest BCUT2D eigenvalue weighted by Gasteiger charge is 2.59. The number of esters is 1. The average Bonchev–Trinajstić information content (AvgIpc) is 3.27. The van der Waals surface area contributed by atoms with Crippen LogP contribution in [0.5, 0.6) is 0 Å². The van der Waals surface area contributed by atoms with Crippen molar-refractivity contribution in [2.75, 3.05) is 60.5 Å². The number of hydrogen-bond donors (Lipinski definition) is 6. The second-order valence-corrected chi connectivity index (χ2v) is 23.5. The molecular weight excluding hydrogens is 924 g/mol. The summed E-state index contributed by atoms with van der Waals surface area (Å²) in [5.74, 6) is -3.15. The summed E-state index contributed by atoms with van der Waals surface area (Å²) in [6.45, 7) is 20.8. The van der Waals surface area contributed by atoms with Gasteiger partial charge in [-0.2, -0.15) is 4.31 Å². The Balaban J connectivity index is 1.56. The van der Waals surface area contributed by atoms with Crippen molar-refractivity contribution < 1.29 is 67.2 Å². The lowest BCUT2D eigenvalue weighted by atomic mass is 9.74. The quantitative estimate of drug-likeness (QED) is 0.175. The summed E-state index contributed by atoms with van der Waals surface area (Å²) in [6, 6.07) is 4.02. The number of methoxy groups -OCH3 is 1. The Morgan fingerprint density at radius 1 is 0.941 bits per heavy atom. The maximum atomic E-state index is 14.6. The number of carbonyl (C=O) groups is 1. The van der Waals surface area contributed by atoms with Crippen molar-refractivity contribution in [3.05, 3.63) is 29.3 Å². The zero-order valence-corrected chi connectivity index (χ0v) is 44.1. The smallest absolute Gasteiger partial charge is 0.311 e. The van der Waals surface area contributed by atoms with E-state index in [1.54, 1.807) is 48.5 Å². The van der Waals surface area contributed by atoms with E-state index in [0.717, 1.165) is 30.5 Å². The molecule has 0 bridgehead atoms. The number of hydrogen-bond acceptors (Lipinski definition) is 17. The topological polar surface area (TPSA) is 229 Å². The number of rotatable bonds is 11. The van der Waals surface area contributed by atoms with E-state index in [1.807, 2.05) is 13.8 Å². The molecule has 0 aromatic heterocycles. The van der Waals surface area contributed by atoms with Gasteiger partial charge in [-0.3, -0.25) is 9.69 Å². The Morgan fingerprint density at radius 2 is 1.56 bits per heavy atom. The van der Waals surface area contributed by atoms with Gasteiger partial charge in [0.1, 0.15) is 35.1 Å². The second-order valence-electron chi connectivity index (χ2n) is 21.1. The SMILES string of the molecule is CC[C@H]1OC(=O)[C@H](C)[C@@H](O[C@H]2C[C@@](C)(OC)[C@](O)(CN3CCN(C)CC3)[C@H](C)O2)[C@H](C)[C@@H](O[C@@H]2O[C@H](C)C[C@H](N(C)S(=O)(=O)c3ccc(Cl)cc3)[C@H]2O)[C@](C)(O)C[C@@H](C)CN[C@H](C)[C@@H](O)[C@]1(C)O. The van der Waals surface area contributed by atoms with Gasteiger partial charge in [0.25, 0.3) is 0 Å². The van der Waals surface area contributed by atoms with Crippen LogP contribution in [0.15, 0.2) is 29.2 Å². The second kappa shape index (κ2) is 22.6. The Bertz CT molecular complexity index is 1910.